The first kappa shape index (κ1) is 16.8. The highest BCUT2D eigenvalue weighted by Crippen LogP contribution is 2.35. The lowest BCUT2D eigenvalue weighted by atomic mass is 9.83. The van der Waals surface area contributed by atoms with Gasteiger partial charge in [-0.05, 0) is 68.0 Å². The summed E-state index contributed by atoms with van der Waals surface area (Å²) >= 11 is 6.32. The van der Waals surface area contributed by atoms with Crippen LogP contribution >= 0.6 is 11.6 Å². The van der Waals surface area contributed by atoms with Crippen LogP contribution in [0, 0.1) is 11.8 Å². The van der Waals surface area contributed by atoms with E-state index in [-0.39, 0.29) is 0 Å². The third-order valence-electron chi connectivity index (χ3n) is 5.69. The number of anilines is 1. The van der Waals surface area contributed by atoms with E-state index in [1.165, 1.54) is 37.9 Å². The molecule has 1 atom stereocenters. The predicted molar refractivity (Wildman–Crippen MR) is 102 cm³/mol. The first-order chi connectivity index (χ1) is 12.3. The van der Waals surface area contributed by atoms with E-state index in [0.717, 1.165) is 42.3 Å². The number of hydrogen-bond acceptors (Lipinski definition) is 4. The second-order valence-corrected chi connectivity index (χ2v) is 7.69. The zero-order valence-electron chi connectivity index (χ0n) is 14.5. The Hall–Kier alpha value is -1.65. The standard InChI is InChI=1S/C20H25ClN4/c21-19-4-2-9-23-20(19)25-12-7-18(15-25)17-5-10-24(11-6-17)14-16-3-1-8-22-13-16/h1-4,8-9,13,17-18H,5-7,10-12,14-15H2/t18-/m0/s1. The molecule has 0 N–H and O–H groups in total. The Bertz CT molecular complexity index is 685. The molecule has 25 heavy (non-hydrogen) atoms. The molecule has 2 fully saturated rings. The van der Waals surface area contributed by atoms with Crippen LogP contribution in [0.1, 0.15) is 24.8 Å². The van der Waals surface area contributed by atoms with Crippen LogP contribution in [0.15, 0.2) is 42.9 Å². The van der Waals surface area contributed by atoms with Crippen molar-refractivity contribution in [2.45, 2.75) is 25.8 Å². The number of hydrogen-bond donors (Lipinski definition) is 0. The Morgan fingerprint density at radius 1 is 1.00 bits per heavy atom. The molecule has 2 aromatic heterocycles. The van der Waals surface area contributed by atoms with Crippen molar-refractivity contribution in [3.8, 4) is 0 Å². The molecule has 0 unspecified atom stereocenters. The third kappa shape index (κ3) is 3.96. The van der Waals surface area contributed by atoms with Crippen LogP contribution in [0.3, 0.4) is 0 Å². The van der Waals surface area contributed by atoms with Gasteiger partial charge in [0.1, 0.15) is 5.82 Å². The Morgan fingerprint density at radius 3 is 2.56 bits per heavy atom. The van der Waals surface area contributed by atoms with Gasteiger partial charge in [0.2, 0.25) is 0 Å². The van der Waals surface area contributed by atoms with Crippen LogP contribution in [0.25, 0.3) is 0 Å². The van der Waals surface area contributed by atoms with Crippen LogP contribution in [-0.4, -0.2) is 41.0 Å². The first-order valence-electron chi connectivity index (χ1n) is 9.26. The minimum absolute atomic E-state index is 0.773. The average molecular weight is 357 g/mol. The van der Waals surface area contributed by atoms with E-state index in [9.17, 15) is 0 Å². The lowest BCUT2D eigenvalue weighted by Crippen LogP contribution is -2.36. The van der Waals surface area contributed by atoms with Crippen molar-refractivity contribution in [1.82, 2.24) is 14.9 Å². The second-order valence-electron chi connectivity index (χ2n) is 7.28. The normalized spacial score (nSPS) is 22.4. The second kappa shape index (κ2) is 7.71. The highest BCUT2D eigenvalue weighted by Gasteiger charge is 2.32. The fourth-order valence-corrected chi connectivity index (χ4v) is 4.55. The highest BCUT2D eigenvalue weighted by molar-refractivity contribution is 6.32. The van der Waals surface area contributed by atoms with Crippen LogP contribution < -0.4 is 4.90 Å². The van der Waals surface area contributed by atoms with Gasteiger partial charge >= 0.3 is 0 Å². The SMILES string of the molecule is Clc1cccnc1N1CC[C@H](C2CCN(Cc3cccnc3)CC2)C1. The van der Waals surface area contributed by atoms with Crippen LogP contribution in [0.4, 0.5) is 5.82 Å². The number of rotatable bonds is 4. The smallest absolute Gasteiger partial charge is 0.147 e. The fraction of sp³-hybridized carbons (Fsp3) is 0.500. The molecule has 4 rings (SSSR count). The molecular formula is C20H25ClN4. The van der Waals surface area contributed by atoms with Crippen LogP contribution in [0.5, 0.6) is 0 Å². The summed E-state index contributed by atoms with van der Waals surface area (Å²) in [5, 5.41) is 0.773. The summed E-state index contributed by atoms with van der Waals surface area (Å²) in [6.07, 6.45) is 9.53. The Balaban J connectivity index is 1.29. The first-order valence-corrected chi connectivity index (χ1v) is 9.64. The lowest BCUT2D eigenvalue weighted by Gasteiger charge is -2.34. The molecule has 0 radical (unpaired) electrons. The number of halogens is 1. The van der Waals surface area contributed by atoms with Gasteiger partial charge in [0.05, 0.1) is 5.02 Å². The molecule has 132 valence electrons. The van der Waals surface area contributed by atoms with Crippen LogP contribution in [-0.2, 0) is 6.54 Å². The molecule has 4 heterocycles. The Labute approximate surface area is 154 Å². The van der Waals surface area contributed by atoms with Gasteiger partial charge < -0.3 is 4.90 Å². The molecule has 2 aliphatic rings. The van der Waals surface area contributed by atoms with Crippen LogP contribution in [0.2, 0.25) is 5.02 Å². The lowest BCUT2D eigenvalue weighted by molar-refractivity contribution is 0.147. The Kier molecular flexibility index (Phi) is 5.18. The number of aromatic nitrogens is 2. The zero-order valence-corrected chi connectivity index (χ0v) is 15.3. The monoisotopic (exact) mass is 356 g/mol. The molecule has 4 nitrogen and oxygen atoms in total. The number of likely N-dealkylation sites (tertiary alicyclic amines) is 1. The van der Waals surface area contributed by atoms with E-state index in [1.807, 2.05) is 36.8 Å². The van der Waals surface area contributed by atoms with Crippen molar-refractivity contribution in [1.29, 1.82) is 0 Å². The molecule has 0 spiro atoms. The van der Waals surface area contributed by atoms with Crippen molar-refractivity contribution in [3.63, 3.8) is 0 Å². The van der Waals surface area contributed by atoms with Gasteiger partial charge in [0.25, 0.3) is 0 Å². The van der Waals surface area contributed by atoms with Crippen molar-refractivity contribution >= 4 is 17.4 Å². The van der Waals surface area contributed by atoms with E-state index < -0.39 is 0 Å². The number of pyridine rings is 2. The maximum Gasteiger partial charge on any atom is 0.147 e. The van der Waals surface area contributed by atoms with E-state index in [0.29, 0.717) is 0 Å². The minimum atomic E-state index is 0.773. The van der Waals surface area contributed by atoms with E-state index in [4.69, 9.17) is 11.6 Å². The Morgan fingerprint density at radius 2 is 1.80 bits per heavy atom. The van der Waals surface area contributed by atoms with E-state index in [2.05, 4.69) is 25.8 Å². The molecule has 0 amide bonds. The number of piperidine rings is 1. The van der Waals surface area contributed by atoms with Gasteiger partial charge in [0, 0.05) is 38.2 Å². The van der Waals surface area contributed by atoms with Gasteiger partial charge in [-0.1, -0.05) is 17.7 Å². The average Bonchev–Trinajstić information content (AvgIpc) is 3.13. The van der Waals surface area contributed by atoms with Gasteiger partial charge in [-0.2, -0.15) is 0 Å². The van der Waals surface area contributed by atoms with E-state index in [1.54, 1.807) is 0 Å². The summed E-state index contributed by atoms with van der Waals surface area (Å²) in [6, 6.07) is 8.04. The minimum Gasteiger partial charge on any atom is -0.355 e. The van der Waals surface area contributed by atoms with Crippen molar-refractivity contribution in [2.75, 3.05) is 31.1 Å². The molecule has 0 aliphatic carbocycles. The molecule has 2 aliphatic heterocycles. The van der Waals surface area contributed by atoms with Crippen molar-refractivity contribution in [2.24, 2.45) is 11.8 Å². The highest BCUT2D eigenvalue weighted by atomic mass is 35.5. The molecular weight excluding hydrogens is 332 g/mol. The largest absolute Gasteiger partial charge is 0.355 e. The summed E-state index contributed by atoms with van der Waals surface area (Å²) in [6.45, 7) is 5.60. The maximum absolute atomic E-state index is 6.32. The van der Waals surface area contributed by atoms with Gasteiger partial charge in [-0.15, -0.1) is 0 Å². The van der Waals surface area contributed by atoms with E-state index >= 15 is 0 Å². The predicted octanol–water partition coefficient (Wildman–Crippen LogP) is 3.87. The molecule has 0 aromatic carbocycles. The van der Waals surface area contributed by atoms with Gasteiger partial charge in [-0.3, -0.25) is 9.88 Å². The summed E-state index contributed by atoms with van der Waals surface area (Å²) < 4.78 is 0. The maximum atomic E-state index is 6.32. The summed E-state index contributed by atoms with van der Waals surface area (Å²) in [4.78, 5) is 13.6. The van der Waals surface area contributed by atoms with Gasteiger partial charge in [0.15, 0.2) is 0 Å². The van der Waals surface area contributed by atoms with Crippen molar-refractivity contribution < 1.29 is 0 Å². The topological polar surface area (TPSA) is 32.3 Å². The molecule has 0 saturated carbocycles. The zero-order chi connectivity index (χ0) is 17.1. The summed E-state index contributed by atoms with van der Waals surface area (Å²) in [5.41, 5.74) is 1.32. The molecule has 2 saturated heterocycles. The van der Waals surface area contributed by atoms with Crippen molar-refractivity contribution in [3.05, 3.63) is 53.4 Å². The summed E-state index contributed by atoms with van der Waals surface area (Å²) in [7, 11) is 0. The molecule has 5 heteroatoms. The quantitative estimate of drug-likeness (QED) is 0.832. The third-order valence-corrected chi connectivity index (χ3v) is 5.99. The number of nitrogens with zero attached hydrogens (tertiary/aromatic N) is 4. The molecule has 2 aromatic rings. The van der Waals surface area contributed by atoms with Gasteiger partial charge in [-0.25, -0.2) is 4.98 Å². The summed E-state index contributed by atoms with van der Waals surface area (Å²) in [5.74, 6) is 2.57. The fourth-order valence-electron chi connectivity index (χ4n) is 4.31. The molecule has 0 bridgehead atoms.